The third-order valence-electron chi connectivity index (χ3n) is 8.11. The lowest BCUT2D eigenvalue weighted by atomic mass is 9.68. The van der Waals surface area contributed by atoms with Crippen LogP contribution in [0.25, 0.3) is 49.0 Å². The van der Waals surface area contributed by atoms with Crippen molar-refractivity contribution in [3.05, 3.63) is 72.4 Å². The second-order valence-electron chi connectivity index (χ2n) is 9.37. The van der Waals surface area contributed by atoms with E-state index >= 15 is 0 Å². The fourth-order valence-electron chi connectivity index (χ4n) is 5.77. The summed E-state index contributed by atoms with van der Waals surface area (Å²) in [6, 6.07) is 22.1. The molecular weight excluding hydrogens is 376 g/mol. The summed E-state index contributed by atoms with van der Waals surface area (Å²) in [4.78, 5) is 5.17. The fraction of sp³-hybridized carbons (Fsp3) is 0.276. The zero-order valence-corrected chi connectivity index (χ0v) is 18.7. The van der Waals surface area contributed by atoms with Crippen molar-refractivity contribution >= 4 is 49.0 Å². The molecule has 2 nitrogen and oxygen atoms in total. The number of imidazole rings is 1. The first kappa shape index (κ1) is 18.6. The summed E-state index contributed by atoms with van der Waals surface area (Å²) in [6.45, 7) is 9.50. The van der Waals surface area contributed by atoms with Gasteiger partial charge >= 0.3 is 0 Å². The van der Waals surface area contributed by atoms with Crippen molar-refractivity contribution in [1.29, 1.82) is 0 Å². The van der Waals surface area contributed by atoms with Crippen LogP contribution in [0.2, 0.25) is 0 Å². The van der Waals surface area contributed by atoms with Gasteiger partial charge in [0, 0.05) is 22.4 Å². The molecule has 2 heterocycles. The molecule has 154 valence electrons. The summed E-state index contributed by atoms with van der Waals surface area (Å²) < 4.78 is 2.33. The summed E-state index contributed by atoms with van der Waals surface area (Å²) >= 11 is 0. The predicted octanol–water partition coefficient (Wildman–Crippen LogP) is 8.10. The number of hydrogen-bond donors (Lipinski definition) is 0. The molecule has 6 aromatic rings. The number of nitrogens with zero attached hydrogens (tertiary/aromatic N) is 2. The molecule has 0 aliphatic rings. The smallest absolute Gasteiger partial charge is 0.146 e. The molecule has 0 amide bonds. The lowest BCUT2D eigenvalue weighted by Gasteiger charge is -2.36. The van der Waals surface area contributed by atoms with E-state index in [9.17, 15) is 0 Å². The van der Waals surface area contributed by atoms with Crippen LogP contribution >= 0.6 is 0 Å². The van der Waals surface area contributed by atoms with Gasteiger partial charge in [0.15, 0.2) is 0 Å². The van der Waals surface area contributed by atoms with Gasteiger partial charge in [-0.25, -0.2) is 4.98 Å². The average Bonchev–Trinajstić information content (AvgIpc) is 3.35. The van der Waals surface area contributed by atoms with Crippen molar-refractivity contribution in [3.63, 3.8) is 0 Å². The van der Waals surface area contributed by atoms with Crippen LogP contribution in [-0.4, -0.2) is 9.38 Å². The quantitative estimate of drug-likeness (QED) is 0.290. The maximum absolute atomic E-state index is 5.17. The second-order valence-corrected chi connectivity index (χ2v) is 9.37. The SMILES string of the molecule is CCC(C)C(C)(CC)c1ccc2c3ccccc3c3cn4c5ccccc5nc4c1c23. The van der Waals surface area contributed by atoms with E-state index in [4.69, 9.17) is 4.98 Å². The maximum atomic E-state index is 5.17. The Morgan fingerprint density at radius 2 is 1.55 bits per heavy atom. The molecule has 0 saturated heterocycles. The molecule has 0 fully saturated rings. The topological polar surface area (TPSA) is 17.3 Å². The molecule has 0 bridgehead atoms. The van der Waals surface area contributed by atoms with Crippen molar-refractivity contribution in [3.8, 4) is 0 Å². The number of para-hydroxylation sites is 2. The van der Waals surface area contributed by atoms with E-state index in [1.54, 1.807) is 0 Å². The van der Waals surface area contributed by atoms with Gasteiger partial charge in [-0.05, 0) is 51.6 Å². The van der Waals surface area contributed by atoms with Gasteiger partial charge in [0.2, 0.25) is 0 Å². The maximum Gasteiger partial charge on any atom is 0.146 e. The number of hydrogen-bond acceptors (Lipinski definition) is 1. The number of rotatable bonds is 4. The summed E-state index contributed by atoms with van der Waals surface area (Å²) in [5, 5.41) is 8.08. The highest BCUT2D eigenvalue weighted by Gasteiger charge is 2.33. The fourth-order valence-corrected chi connectivity index (χ4v) is 5.77. The molecule has 0 N–H and O–H groups in total. The van der Waals surface area contributed by atoms with Crippen molar-refractivity contribution in [2.24, 2.45) is 5.92 Å². The number of pyridine rings is 1. The van der Waals surface area contributed by atoms with Gasteiger partial charge in [-0.2, -0.15) is 0 Å². The highest BCUT2D eigenvalue weighted by atomic mass is 15.0. The van der Waals surface area contributed by atoms with E-state index in [-0.39, 0.29) is 5.41 Å². The van der Waals surface area contributed by atoms with Crippen LogP contribution in [0.5, 0.6) is 0 Å². The van der Waals surface area contributed by atoms with Gasteiger partial charge in [0.25, 0.3) is 0 Å². The number of fused-ring (bicyclic) bond motifs is 7. The third kappa shape index (κ3) is 2.31. The highest BCUT2D eigenvalue weighted by molar-refractivity contribution is 6.32. The predicted molar refractivity (Wildman–Crippen MR) is 134 cm³/mol. The molecule has 0 saturated carbocycles. The van der Waals surface area contributed by atoms with E-state index in [0.29, 0.717) is 5.92 Å². The molecule has 6 rings (SSSR count). The second kappa shape index (κ2) is 6.43. The molecule has 2 heteroatoms. The van der Waals surface area contributed by atoms with Gasteiger partial charge in [-0.15, -0.1) is 0 Å². The molecule has 0 aliphatic heterocycles. The van der Waals surface area contributed by atoms with Crippen LogP contribution in [0.1, 0.15) is 46.1 Å². The Morgan fingerprint density at radius 3 is 2.29 bits per heavy atom. The number of benzene rings is 3. The molecule has 2 atom stereocenters. The van der Waals surface area contributed by atoms with Crippen molar-refractivity contribution in [2.45, 2.75) is 46.0 Å². The zero-order valence-electron chi connectivity index (χ0n) is 18.7. The average molecular weight is 405 g/mol. The van der Waals surface area contributed by atoms with E-state index in [2.05, 4.69) is 99.0 Å². The van der Waals surface area contributed by atoms with Crippen LogP contribution in [0.3, 0.4) is 0 Å². The van der Waals surface area contributed by atoms with Gasteiger partial charge < -0.3 is 0 Å². The van der Waals surface area contributed by atoms with E-state index in [0.717, 1.165) is 17.6 Å². The van der Waals surface area contributed by atoms with E-state index in [1.807, 2.05) is 0 Å². The standard InChI is InChI=1S/C29H28N2/c1-5-18(3)29(4,6-2)23-16-15-21-19-11-7-8-12-20(19)22-17-31-25-14-10-9-13-24(25)30-28(31)27(23)26(21)22/h7-18H,5-6H2,1-4H3. The molecule has 0 radical (unpaired) electrons. The van der Waals surface area contributed by atoms with Crippen molar-refractivity contribution in [1.82, 2.24) is 9.38 Å². The van der Waals surface area contributed by atoms with Crippen molar-refractivity contribution < 1.29 is 0 Å². The molecular formula is C29H28N2. The Labute approximate surface area is 182 Å². The minimum absolute atomic E-state index is 0.0965. The van der Waals surface area contributed by atoms with Gasteiger partial charge in [-0.3, -0.25) is 4.40 Å². The van der Waals surface area contributed by atoms with Crippen LogP contribution in [0.4, 0.5) is 0 Å². The Balaban J connectivity index is 1.92. The highest BCUT2D eigenvalue weighted by Crippen LogP contribution is 2.47. The first-order valence-corrected chi connectivity index (χ1v) is 11.5. The Morgan fingerprint density at radius 1 is 0.839 bits per heavy atom. The lowest BCUT2D eigenvalue weighted by Crippen LogP contribution is -2.29. The van der Waals surface area contributed by atoms with E-state index in [1.165, 1.54) is 49.8 Å². The van der Waals surface area contributed by atoms with E-state index < -0.39 is 0 Å². The number of aromatic nitrogens is 2. The van der Waals surface area contributed by atoms with Crippen molar-refractivity contribution in [2.75, 3.05) is 0 Å². The minimum atomic E-state index is 0.0965. The molecule has 0 spiro atoms. The largest absolute Gasteiger partial charge is 0.298 e. The van der Waals surface area contributed by atoms with Gasteiger partial charge in [0.1, 0.15) is 5.65 Å². The minimum Gasteiger partial charge on any atom is -0.298 e. The molecule has 0 aliphatic carbocycles. The third-order valence-corrected chi connectivity index (χ3v) is 8.11. The lowest BCUT2D eigenvalue weighted by molar-refractivity contribution is 0.298. The monoisotopic (exact) mass is 404 g/mol. The Bertz CT molecular complexity index is 1590. The van der Waals surface area contributed by atoms with Gasteiger partial charge in [-0.1, -0.05) is 82.6 Å². The van der Waals surface area contributed by atoms with Crippen LogP contribution in [0, 0.1) is 5.92 Å². The summed E-state index contributed by atoms with van der Waals surface area (Å²) in [6.07, 6.45) is 4.60. The Kier molecular flexibility index (Phi) is 3.87. The van der Waals surface area contributed by atoms with Crippen LogP contribution in [-0.2, 0) is 5.41 Å². The molecule has 2 aromatic heterocycles. The first-order valence-electron chi connectivity index (χ1n) is 11.5. The molecule has 4 aromatic carbocycles. The van der Waals surface area contributed by atoms with Crippen LogP contribution in [0.15, 0.2) is 66.9 Å². The molecule has 31 heavy (non-hydrogen) atoms. The summed E-state index contributed by atoms with van der Waals surface area (Å²) in [5.41, 5.74) is 4.87. The Hall–Kier alpha value is -3.13. The summed E-state index contributed by atoms with van der Waals surface area (Å²) in [7, 11) is 0. The van der Waals surface area contributed by atoms with Crippen LogP contribution < -0.4 is 0 Å². The summed E-state index contributed by atoms with van der Waals surface area (Å²) in [5.74, 6) is 0.586. The van der Waals surface area contributed by atoms with Gasteiger partial charge in [0.05, 0.1) is 11.0 Å². The zero-order chi connectivity index (χ0) is 21.3. The first-order chi connectivity index (χ1) is 15.1. The molecule has 2 unspecified atom stereocenters. The normalized spacial score (nSPS) is 15.5.